The van der Waals surface area contributed by atoms with Crippen molar-refractivity contribution in [2.75, 3.05) is 37.5 Å². The molecule has 1 aromatic carbocycles. The van der Waals surface area contributed by atoms with Gasteiger partial charge in [-0.05, 0) is 12.1 Å². The molecule has 124 valence electrons. The number of amides is 1. The topological polar surface area (TPSA) is 55.8 Å². The Hall–Kier alpha value is -1.65. The van der Waals surface area contributed by atoms with Crippen LogP contribution in [-0.2, 0) is 15.6 Å². The SMILES string of the molecule is C#CCOc1ccccc1OCC1SCCN1C(=O)CS(C)=O. The van der Waals surface area contributed by atoms with Crippen molar-refractivity contribution in [1.29, 1.82) is 0 Å². The second-order valence-electron chi connectivity index (χ2n) is 4.88. The van der Waals surface area contributed by atoms with Gasteiger partial charge in [0.2, 0.25) is 5.91 Å². The summed E-state index contributed by atoms with van der Waals surface area (Å²) >= 11 is 1.66. The first-order valence-electron chi connectivity index (χ1n) is 7.11. The van der Waals surface area contributed by atoms with Crippen molar-refractivity contribution in [1.82, 2.24) is 4.90 Å². The van der Waals surface area contributed by atoms with E-state index in [1.54, 1.807) is 28.8 Å². The average molecular weight is 353 g/mol. The summed E-state index contributed by atoms with van der Waals surface area (Å²) in [5.41, 5.74) is 0. The predicted molar refractivity (Wildman–Crippen MR) is 93.2 cm³/mol. The normalized spacial score (nSPS) is 18.3. The van der Waals surface area contributed by atoms with E-state index >= 15 is 0 Å². The number of carbonyl (C=O) groups excluding carboxylic acids is 1. The molecule has 0 aromatic heterocycles. The van der Waals surface area contributed by atoms with Gasteiger partial charge < -0.3 is 14.4 Å². The third-order valence-corrected chi connectivity index (χ3v) is 5.03. The van der Waals surface area contributed by atoms with Gasteiger partial charge in [0.1, 0.15) is 24.3 Å². The van der Waals surface area contributed by atoms with Crippen LogP contribution >= 0.6 is 11.8 Å². The van der Waals surface area contributed by atoms with Gasteiger partial charge >= 0.3 is 0 Å². The molecule has 1 fully saturated rings. The Labute approximate surface area is 143 Å². The van der Waals surface area contributed by atoms with E-state index < -0.39 is 10.8 Å². The number of thioether (sulfide) groups is 1. The molecule has 1 aromatic rings. The molecule has 0 radical (unpaired) electrons. The summed E-state index contributed by atoms with van der Waals surface area (Å²) in [7, 11) is -1.13. The largest absolute Gasteiger partial charge is 0.487 e. The van der Waals surface area contributed by atoms with Crippen molar-refractivity contribution < 1.29 is 18.5 Å². The Morgan fingerprint density at radius 1 is 1.43 bits per heavy atom. The van der Waals surface area contributed by atoms with Crippen LogP contribution in [0.5, 0.6) is 11.5 Å². The zero-order valence-corrected chi connectivity index (χ0v) is 14.5. The summed E-state index contributed by atoms with van der Waals surface area (Å²) in [6.45, 7) is 1.18. The van der Waals surface area contributed by atoms with Gasteiger partial charge in [-0.15, -0.1) is 18.2 Å². The number of rotatable bonds is 7. The highest BCUT2D eigenvalue weighted by Gasteiger charge is 2.30. The van der Waals surface area contributed by atoms with E-state index in [9.17, 15) is 9.00 Å². The lowest BCUT2D eigenvalue weighted by molar-refractivity contribution is -0.128. The maximum Gasteiger partial charge on any atom is 0.236 e. The Morgan fingerprint density at radius 3 is 2.78 bits per heavy atom. The van der Waals surface area contributed by atoms with Crippen molar-refractivity contribution in [3.05, 3.63) is 24.3 Å². The second-order valence-corrected chi connectivity index (χ2v) is 7.60. The molecule has 0 spiro atoms. The van der Waals surface area contributed by atoms with Crippen molar-refractivity contribution in [3.63, 3.8) is 0 Å². The molecule has 0 bridgehead atoms. The van der Waals surface area contributed by atoms with Crippen molar-refractivity contribution in [2.45, 2.75) is 5.37 Å². The van der Waals surface area contributed by atoms with E-state index in [4.69, 9.17) is 15.9 Å². The molecule has 0 N–H and O–H groups in total. The Bertz CT molecular complexity index is 614. The van der Waals surface area contributed by atoms with Crippen LogP contribution in [0.15, 0.2) is 24.3 Å². The first kappa shape index (κ1) is 17.7. The van der Waals surface area contributed by atoms with Crippen LogP contribution in [0.25, 0.3) is 0 Å². The van der Waals surface area contributed by atoms with E-state index in [1.165, 1.54) is 6.26 Å². The van der Waals surface area contributed by atoms with Gasteiger partial charge in [0.15, 0.2) is 11.5 Å². The Balaban J connectivity index is 1.96. The number of ether oxygens (including phenoxy) is 2. The fraction of sp³-hybridized carbons (Fsp3) is 0.438. The molecule has 1 aliphatic heterocycles. The number of terminal acetylenes is 1. The second kappa shape index (κ2) is 8.85. The fourth-order valence-corrected chi connectivity index (χ4v) is 3.83. The molecule has 1 amide bonds. The van der Waals surface area contributed by atoms with E-state index in [-0.39, 0.29) is 23.6 Å². The summed E-state index contributed by atoms with van der Waals surface area (Å²) < 4.78 is 22.5. The van der Waals surface area contributed by atoms with Crippen LogP contribution in [0.3, 0.4) is 0 Å². The van der Waals surface area contributed by atoms with Gasteiger partial charge in [-0.3, -0.25) is 9.00 Å². The molecule has 0 saturated carbocycles. The number of benzene rings is 1. The average Bonchev–Trinajstić information content (AvgIpc) is 2.99. The summed E-state index contributed by atoms with van der Waals surface area (Å²) in [6.07, 6.45) is 6.74. The molecule has 0 aliphatic carbocycles. The highest BCUT2D eigenvalue weighted by Crippen LogP contribution is 2.29. The fourth-order valence-electron chi connectivity index (χ4n) is 2.17. The Morgan fingerprint density at radius 2 is 2.13 bits per heavy atom. The third kappa shape index (κ3) is 5.19. The smallest absolute Gasteiger partial charge is 0.236 e. The molecule has 2 unspecified atom stereocenters. The molecular formula is C16H19NO4S2. The quantitative estimate of drug-likeness (QED) is 0.693. The Kier molecular flexibility index (Phi) is 6.81. The van der Waals surface area contributed by atoms with Gasteiger partial charge in [-0.25, -0.2) is 0 Å². The van der Waals surface area contributed by atoms with Gasteiger partial charge in [-0.1, -0.05) is 18.1 Å². The maximum atomic E-state index is 12.1. The highest BCUT2D eigenvalue weighted by atomic mass is 32.2. The van der Waals surface area contributed by atoms with Crippen molar-refractivity contribution in [2.24, 2.45) is 0 Å². The van der Waals surface area contributed by atoms with Crippen molar-refractivity contribution >= 4 is 28.5 Å². The monoisotopic (exact) mass is 353 g/mol. The van der Waals surface area contributed by atoms with Gasteiger partial charge in [0.05, 0.1) is 0 Å². The third-order valence-electron chi connectivity index (χ3n) is 3.18. The summed E-state index contributed by atoms with van der Waals surface area (Å²) in [4.78, 5) is 13.8. The van der Waals surface area contributed by atoms with Crippen LogP contribution < -0.4 is 9.47 Å². The van der Waals surface area contributed by atoms with Gasteiger partial charge in [0.25, 0.3) is 0 Å². The first-order chi connectivity index (χ1) is 11.1. The number of carbonyl (C=O) groups is 1. The zero-order chi connectivity index (χ0) is 16.7. The number of hydrogen-bond acceptors (Lipinski definition) is 5. The van der Waals surface area contributed by atoms with E-state index in [0.717, 1.165) is 5.75 Å². The maximum absolute atomic E-state index is 12.1. The number of para-hydroxylation sites is 2. The summed E-state index contributed by atoms with van der Waals surface area (Å²) in [6, 6.07) is 7.29. The lowest BCUT2D eigenvalue weighted by Gasteiger charge is -2.24. The van der Waals surface area contributed by atoms with Crippen LogP contribution in [0.1, 0.15) is 0 Å². The first-order valence-corrected chi connectivity index (χ1v) is 9.88. The molecule has 2 rings (SSSR count). The molecule has 7 heteroatoms. The standard InChI is InChI=1S/C16H19NO4S2/c1-3-9-20-13-6-4-5-7-14(13)21-11-16-17(8-10-22-16)15(18)12-23(2)19/h1,4-7,16H,8-12H2,2H3. The van der Waals surface area contributed by atoms with E-state index in [1.807, 2.05) is 12.1 Å². The molecule has 1 saturated heterocycles. The molecular weight excluding hydrogens is 334 g/mol. The van der Waals surface area contributed by atoms with Crippen LogP contribution in [0.4, 0.5) is 0 Å². The minimum atomic E-state index is -1.13. The number of hydrogen-bond donors (Lipinski definition) is 0. The number of nitrogens with zero attached hydrogens (tertiary/aromatic N) is 1. The van der Waals surface area contributed by atoms with Crippen LogP contribution in [0, 0.1) is 12.3 Å². The lowest BCUT2D eigenvalue weighted by atomic mass is 10.3. The minimum absolute atomic E-state index is 0.0545. The minimum Gasteiger partial charge on any atom is -0.487 e. The summed E-state index contributed by atoms with van der Waals surface area (Å²) in [5, 5.41) is -0.0771. The van der Waals surface area contributed by atoms with Crippen molar-refractivity contribution in [3.8, 4) is 23.8 Å². The predicted octanol–water partition coefficient (Wildman–Crippen LogP) is 1.36. The summed E-state index contributed by atoms with van der Waals surface area (Å²) in [5.74, 6) is 4.41. The molecule has 2 atom stereocenters. The molecule has 1 aliphatic rings. The van der Waals surface area contributed by atoms with E-state index in [2.05, 4.69) is 5.92 Å². The van der Waals surface area contributed by atoms with Gasteiger partial charge in [-0.2, -0.15) is 0 Å². The van der Waals surface area contributed by atoms with Crippen LogP contribution in [0.2, 0.25) is 0 Å². The molecule has 1 heterocycles. The molecule has 5 nitrogen and oxygen atoms in total. The zero-order valence-electron chi connectivity index (χ0n) is 12.9. The van der Waals surface area contributed by atoms with Gasteiger partial charge in [0, 0.05) is 29.4 Å². The lowest BCUT2D eigenvalue weighted by Crippen LogP contribution is -2.40. The molecule has 23 heavy (non-hydrogen) atoms. The van der Waals surface area contributed by atoms with Crippen LogP contribution in [-0.4, -0.2) is 57.9 Å². The van der Waals surface area contributed by atoms with E-state index in [0.29, 0.717) is 24.7 Å². The highest BCUT2D eigenvalue weighted by molar-refractivity contribution is 8.00.